The highest BCUT2D eigenvalue weighted by Gasteiger charge is 2.38. The van der Waals surface area contributed by atoms with Gasteiger partial charge in [0.25, 0.3) is 0 Å². The third-order valence-electron chi connectivity index (χ3n) is 2.10. The van der Waals surface area contributed by atoms with Crippen LogP contribution in [-0.4, -0.2) is 43.9 Å². The highest BCUT2D eigenvalue weighted by molar-refractivity contribution is 8.24. The lowest BCUT2D eigenvalue weighted by Crippen LogP contribution is -2.39. The molecule has 0 aromatic rings. The Balaban J connectivity index is 2.74. The lowest BCUT2D eigenvalue weighted by Gasteiger charge is -2.21. The summed E-state index contributed by atoms with van der Waals surface area (Å²) in [5.74, 6) is -0.887. The Morgan fingerprint density at radius 1 is 1.64 bits per heavy atom. The molecule has 0 aliphatic carbocycles. The number of rotatable bonds is 3. The standard InChI is InChI=1S/C8H11NO3S2/c1-4-7(5(2)10)14-8(13)9(4)3-6(11)12/h4,7H,3H2,1-2H3,(H,11,12). The van der Waals surface area contributed by atoms with Crippen molar-refractivity contribution in [1.29, 1.82) is 0 Å². The fourth-order valence-corrected chi connectivity index (χ4v) is 3.02. The number of carboxylic acid groups (broad SMARTS) is 1. The van der Waals surface area contributed by atoms with Gasteiger partial charge in [0.15, 0.2) is 0 Å². The predicted molar refractivity (Wildman–Crippen MR) is 58.5 cm³/mol. The molecule has 1 saturated heterocycles. The molecule has 14 heavy (non-hydrogen) atoms. The average Bonchev–Trinajstić information content (AvgIpc) is 2.31. The minimum Gasteiger partial charge on any atom is -0.480 e. The quantitative estimate of drug-likeness (QED) is 0.726. The maximum absolute atomic E-state index is 11.2. The van der Waals surface area contributed by atoms with Crippen LogP contribution in [-0.2, 0) is 9.59 Å². The Kier molecular flexibility index (Phi) is 3.49. The van der Waals surface area contributed by atoms with Crippen molar-refractivity contribution in [2.75, 3.05) is 6.54 Å². The minimum absolute atomic E-state index is 0.0396. The van der Waals surface area contributed by atoms with Gasteiger partial charge in [-0.25, -0.2) is 0 Å². The summed E-state index contributed by atoms with van der Waals surface area (Å²) in [6, 6.07) is -0.124. The molecule has 1 fully saturated rings. The van der Waals surface area contributed by atoms with Crippen LogP contribution >= 0.6 is 24.0 Å². The van der Waals surface area contributed by atoms with Gasteiger partial charge >= 0.3 is 5.97 Å². The molecule has 1 rings (SSSR count). The zero-order valence-corrected chi connectivity index (χ0v) is 9.52. The fraction of sp³-hybridized carbons (Fsp3) is 0.625. The van der Waals surface area contributed by atoms with E-state index < -0.39 is 5.97 Å². The Labute approximate surface area is 91.6 Å². The first-order valence-corrected chi connectivity index (χ1v) is 5.41. The minimum atomic E-state index is -0.927. The highest BCUT2D eigenvalue weighted by Crippen LogP contribution is 2.31. The Hall–Kier alpha value is -0.620. The molecule has 1 N–H and O–H groups in total. The van der Waals surface area contributed by atoms with E-state index in [9.17, 15) is 9.59 Å². The summed E-state index contributed by atoms with van der Waals surface area (Å²) < 4.78 is 0.500. The van der Waals surface area contributed by atoms with Gasteiger partial charge in [0.05, 0.1) is 5.25 Å². The molecule has 0 aromatic heterocycles. The largest absolute Gasteiger partial charge is 0.480 e. The number of carbonyl (C=O) groups excluding carboxylic acids is 1. The zero-order valence-electron chi connectivity index (χ0n) is 7.89. The first-order chi connectivity index (χ1) is 6.43. The van der Waals surface area contributed by atoms with E-state index in [0.717, 1.165) is 0 Å². The van der Waals surface area contributed by atoms with E-state index in [1.807, 2.05) is 6.92 Å². The van der Waals surface area contributed by atoms with Gasteiger partial charge in [-0.2, -0.15) is 0 Å². The number of thiocarbonyl (C=S) groups is 1. The molecular formula is C8H11NO3S2. The van der Waals surface area contributed by atoms with Gasteiger partial charge in [-0.15, -0.1) is 0 Å². The molecule has 1 heterocycles. The molecule has 4 nitrogen and oxygen atoms in total. The van der Waals surface area contributed by atoms with Gasteiger partial charge in [0, 0.05) is 6.04 Å². The summed E-state index contributed by atoms with van der Waals surface area (Å²) in [5.41, 5.74) is 0. The molecule has 0 spiro atoms. The molecule has 1 aliphatic heterocycles. The number of thioether (sulfide) groups is 1. The van der Waals surface area contributed by atoms with Crippen molar-refractivity contribution in [3.8, 4) is 0 Å². The highest BCUT2D eigenvalue weighted by atomic mass is 32.2. The van der Waals surface area contributed by atoms with Crippen molar-refractivity contribution in [1.82, 2.24) is 4.90 Å². The topological polar surface area (TPSA) is 57.6 Å². The van der Waals surface area contributed by atoms with Gasteiger partial charge in [-0.3, -0.25) is 9.59 Å². The molecule has 0 amide bonds. The molecule has 6 heteroatoms. The van der Waals surface area contributed by atoms with Crippen LogP contribution in [0.25, 0.3) is 0 Å². The lowest BCUT2D eigenvalue weighted by molar-refractivity contribution is -0.137. The number of aliphatic carboxylic acids is 1. The summed E-state index contributed by atoms with van der Waals surface area (Å²) >= 11 is 6.28. The van der Waals surface area contributed by atoms with Crippen LogP contribution in [0.2, 0.25) is 0 Å². The molecule has 0 bridgehead atoms. The first-order valence-electron chi connectivity index (χ1n) is 4.13. The molecule has 1 aliphatic rings. The van der Waals surface area contributed by atoms with Crippen molar-refractivity contribution in [2.24, 2.45) is 0 Å². The van der Waals surface area contributed by atoms with E-state index in [4.69, 9.17) is 17.3 Å². The van der Waals surface area contributed by atoms with Crippen molar-refractivity contribution in [2.45, 2.75) is 25.1 Å². The Bertz CT molecular complexity index is 292. The van der Waals surface area contributed by atoms with Gasteiger partial charge in [0.1, 0.15) is 16.6 Å². The third kappa shape index (κ3) is 2.24. The number of hydrogen-bond acceptors (Lipinski definition) is 4. The molecule has 78 valence electrons. The van der Waals surface area contributed by atoms with E-state index in [0.29, 0.717) is 4.32 Å². The number of hydrogen-bond donors (Lipinski definition) is 1. The summed E-state index contributed by atoms with van der Waals surface area (Å²) in [4.78, 5) is 23.3. The summed E-state index contributed by atoms with van der Waals surface area (Å²) in [7, 11) is 0. The number of nitrogens with zero attached hydrogens (tertiary/aromatic N) is 1. The average molecular weight is 233 g/mol. The van der Waals surface area contributed by atoms with Crippen LogP contribution in [0.3, 0.4) is 0 Å². The zero-order chi connectivity index (χ0) is 10.9. The summed E-state index contributed by atoms with van der Waals surface area (Å²) in [6.45, 7) is 3.19. The van der Waals surface area contributed by atoms with Crippen LogP contribution in [0.4, 0.5) is 0 Å². The van der Waals surface area contributed by atoms with Gasteiger partial charge in [0.2, 0.25) is 0 Å². The maximum Gasteiger partial charge on any atom is 0.323 e. The van der Waals surface area contributed by atoms with E-state index in [-0.39, 0.29) is 23.6 Å². The van der Waals surface area contributed by atoms with Crippen LogP contribution in [0, 0.1) is 0 Å². The normalized spacial score (nSPS) is 26.7. The van der Waals surface area contributed by atoms with E-state index in [1.165, 1.54) is 18.7 Å². The van der Waals surface area contributed by atoms with Crippen LogP contribution in [0.15, 0.2) is 0 Å². The fourth-order valence-electron chi connectivity index (χ4n) is 1.38. The SMILES string of the molecule is CC(=O)C1SC(=S)N(CC(=O)O)C1C. The molecule has 0 aromatic carbocycles. The van der Waals surface area contributed by atoms with Gasteiger partial charge < -0.3 is 10.0 Å². The van der Waals surface area contributed by atoms with Crippen molar-refractivity contribution < 1.29 is 14.7 Å². The van der Waals surface area contributed by atoms with Crippen molar-refractivity contribution >= 4 is 40.1 Å². The number of Topliss-reactive ketones (excluding diaryl/α,β-unsaturated/α-hetero) is 1. The second-order valence-corrected chi connectivity index (χ2v) is 4.95. The van der Waals surface area contributed by atoms with Gasteiger partial charge in [-0.05, 0) is 13.8 Å². The van der Waals surface area contributed by atoms with Crippen molar-refractivity contribution in [3.63, 3.8) is 0 Å². The smallest absolute Gasteiger partial charge is 0.323 e. The van der Waals surface area contributed by atoms with Crippen LogP contribution in [0.1, 0.15) is 13.8 Å². The molecule has 0 saturated carbocycles. The summed E-state index contributed by atoms with van der Waals surface area (Å²) in [5, 5.41) is 8.42. The lowest BCUT2D eigenvalue weighted by atomic mass is 10.1. The molecule has 2 atom stereocenters. The Morgan fingerprint density at radius 2 is 2.21 bits per heavy atom. The molecular weight excluding hydrogens is 222 g/mol. The van der Waals surface area contributed by atoms with Gasteiger partial charge in [-0.1, -0.05) is 24.0 Å². The summed E-state index contributed by atoms with van der Waals surface area (Å²) in [6.07, 6.45) is 0. The Morgan fingerprint density at radius 3 is 2.57 bits per heavy atom. The monoisotopic (exact) mass is 233 g/mol. The number of carboxylic acids is 1. The number of ketones is 1. The molecule has 0 radical (unpaired) electrons. The van der Waals surface area contributed by atoms with Crippen molar-refractivity contribution in [3.05, 3.63) is 0 Å². The second-order valence-electron chi connectivity index (χ2n) is 3.18. The van der Waals surface area contributed by atoms with E-state index in [2.05, 4.69) is 0 Å². The van der Waals surface area contributed by atoms with Crippen LogP contribution < -0.4 is 0 Å². The maximum atomic E-state index is 11.2. The first kappa shape index (κ1) is 11.5. The van der Waals surface area contributed by atoms with E-state index >= 15 is 0 Å². The van der Waals surface area contributed by atoms with E-state index in [1.54, 1.807) is 4.90 Å². The third-order valence-corrected chi connectivity index (χ3v) is 4.04. The number of carbonyl (C=O) groups is 2. The molecule has 2 unspecified atom stereocenters. The second kappa shape index (κ2) is 4.27. The van der Waals surface area contributed by atoms with Crippen LogP contribution in [0.5, 0.6) is 0 Å². The predicted octanol–water partition coefficient (Wildman–Crippen LogP) is 0.751.